The third-order valence-corrected chi connectivity index (χ3v) is 4.76. The van der Waals surface area contributed by atoms with E-state index in [9.17, 15) is 4.79 Å². The van der Waals surface area contributed by atoms with E-state index in [-0.39, 0.29) is 11.8 Å². The summed E-state index contributed by atoms with van der Waals surface area (Å²) in [6.07, 6.45) is 0. The van der Waals surface area contributed by atoms with Gasteiger partial charge in [-0.05, 0) is 23.8 Å². The average molecular weight is 341 g/mol. The molecular weight excluding hydrogens is 329 g/mol. The second-order valence-electron chi connectivity index (χ2n) is 5.04. The Labute approximate surface area is 138 Å². The van der Waals surface area contributed by atoms with E-state index in [0.29, 0.717) is 10.7 Å². The minimum absolute atomic E-state index is 0.193. The number of amides is 1. The lowest BCUT2D eigenvalue weighted by Gasteiger charge is -2.05. The van der Waals surface area contributed by atoms with E-state index in [1.807, 2.05) is 30.3 Å². The van der Waals surface area contributed by atoms with Crippen molar-refractivity contribution in [3.05, 3.63) is 65.2 Å². The summed E-state index contributed by atoms with van der Waals surface area (Å²) in [5.41, 5.74) is 1.60. The molecule has 2 atom stereocenters. The van der Waals surface area contributed by atoms with Crippen LogP contribution in [-0.4, -0.2) is 10.2 Å². The molecule has 1 saturated carbocycles. The van der Waals surface area contributed by atoms with Crippen molar-refractivity contribution in [1.29, 1.82) is 0 Å². The first-order valence-corrected chi connectivity index (χ1v) is 7.63. The summed E-state index contributed by atoms with van der Waals surface area (Å²) in [4.78, 5) is 12.4. The van der Waals surface area contributed by atoms with E-state index in [0.717, 1.165) is 5.56 Å². The van der Waals surface area contributed by atoms with E-state index in [2.05, 4.69) is 5.32 Å². The molecule has 1 N–H and O–H groups in total. The zero-order valence-electron chi connectivity index (χ0n) is 10.9. The number of hydrogen-bond donors (Lipinski definition) is 1. The quantitative estimate of drug-likeness (QED) is 0.794. The van der Waals surface area contributed by atoms with Gasteiger partial charge in [0.1, 0.15) is 4.33 Å². The fourth-order valence-electron chi connectivity index (χ4n) is 2.51. The van der Waals surface area contributed by atoms with Crippen molar-refractivity contribution in [3.8, 4) is 0 Å². The maximum absolute atomic E-state index is 12.4. The number of rotatable bonds is 3. The predicted octanol–water partition coefficient (Wildman–Crippen LogP) is 4.87. The Morgan fingerprint density at radius 1 is 1.05 bits per heavy atom. The van der Waals surface area contributed by atoms with E-state index in [1.54, 1.807) is 24.3 Å². The first-order chi connectivity index (χ1) is 10.00. The average Bonchev–Trinajstić information content (AvgIpc) is 3.03. The molecule has 1 aliphatic carbocycles. The Balaban J connectivity index is 1.77. The third-order valence-electron chi connectivity index (χ3n) is 3.59. The largest absolute Gasteiger partial charge is 0.326 e. The van der Waals surface area contributed by atoms with Gasteiger partial charge in [0.05, 0.1) is 5.92 Å². The van der Waals surface area contributed by atoms with Gasteiger partial charge in [-0.15, -0.1) is 23.2 Å². The zero-order chi connectivity index (χ0) is 15.0. The fourth-order valence-corrected chi connectivity index (χ4v) is 3.53. The van der Waals surface area contributed by atoms with E-state index >= 15 is 0 Å². The second kappa shape index (κ2) is 5.53. The highest BCUT2D eigenvalue weighted by Gasteiger charge is 2.67. The Morgan fingerprint density at radius 3 is 2.43 bits per heavy atom. The molecule has 2 unspecified atom stereocenters. The normalized spacial score (nSPS) is 22.6. The minimum Gasteiger partial charge on any atom is -0.326 e. The van der Waals surface area contributed by atoms with Crippen LogP contribution in [0, 0.1) is 5.92 Å². The van der Waals surface area contributed by atoms with Crippen LogP contribution in [0.25, 0.3) is 0 Å². The van der Waals surface area contributed by atoms with Crippen molar-refractivity contribution in [1.82, 2.24) is 0 Å². The lowest BCUT2D eigenvalue weighted by Crippen LogP contribution is -2.17. The van der Waals surface area contributed by atoms with Crippen molar-refractivity contribution >= 4 is 46.4 Å². The summed E-state index contributed by atoms with van der Waals surface area (Å²) >= 11 is 18.5. The van der Waals surface area contributed by atoms with Gasteiger partial charge in [-0.1, -0.05) is 48.0 Å². The molecule has 0 saturated heterocycles. The van der Waals surface area contributed by atoms with Crippen LogP contribution in [0.1, 0.15) is 11.5 Å². The molecule has 2 aromatic rings. The molecule has 0 spiro atoms. The third kappa shape index (κ3) is 2.89. The van der Waals surface area contributed by atoms with Crippen LogP contribution in [0.5, 0.6) is 0 Å². The van der Waals surface area contributed by atoms with E-state index < -0.39 is 10.3 Å². The molecule has 0 aliphatic heterocycles. The van der Waals surface area contributed by atoms with E-state index in [1.165, 1.54) is 0 Å². The smallest absolute Gasteiger partial charge is 0.231 e. The maximum atomic E-state index is 12.4. The van der Waals surface area contributed by atoms with Crippen molar-refractivity contribution in [2.75, 3.05) is 5.32 Å². The molecule has 5 heteroatoms. The lowest BCUT2D eigenvalue weighted by molar-refractivity contribution is -0.117. The SMILES string of the molecule is O=C(Nc1cccc(Cl)c1)C1C(c2ccccc2)C1(Cl)Cl. The fraction of sp³-hybridized carbons (Fsp3) is 0.188. The summed E-state index contributed by atoms with van der Waals surface area (Å²) in [7, 11) is 0. The van der Waals surface area contributed by atoms with Gasteiger partial charge >= 0.3 is 0 Å². The monoisotopic (exact) mass is 339 g/mol. The number of alkyl halides is 2. The van der Waals surface area contributed by atoms with Crippen LogP contribution in [0.4, 0.5) is 5.69 Å². The van der Waals surface area contributed by atoms with Crippen LogP contribution < -0.4 is 5.32 Å². The van der Waals surface area contributed by atoms with Gasteiger partial charge in [0.15, 0.2) is 0 Å². The molecule has 1 fully saturated rings. The van der Waals surface area contributed by atoms with Crippen molar-refractivity contribution in [3.63, 3.8) is 0 Å². The molecule has 3 rings (SSSR count). The number of hydrogen-bond acceptors (Lipinski definition) is 1. The van der Waals surface area contributed by atoms with Gasteiger partial charge in [-0.3, -0.25) is 4.79 Å². The predicted molar refractivity (Wildman–Crippen MR) is 87.2 cm³/mol. The Kier molecular flexibility index (Phi) is 3.87. The van der Waals surface area contributed by atoms with Crippen molar-refractivity contribution in [2.45, 2.75) is 10.3 Å². The second-order valence-corrected chi connectivity index (χ2v) is 6.92. The van der Waals surface area contributed by atoms with Crippen LogP contribution in [0.15, 0.2) is 54.6 Å². The maximum Gasteiger partial charge on any atom is 0.231 e. The molecule has 1 amide bonds. The number of nitrogens with one attached hydrogen (secondary N) is 1. The summed E-state index contributed by atoms with van der Waals surface area (Å²) in [5.74, 6) is -0.862. The molecule has 2 nitrogen and oxygen atoms in total. The number of carbonyl (C=O) groups is 1. The van der Waals surface area contributed by atoms with Gasteiger partial charge in [0.25, 0.3) is 0 Å². The molecule has 0 heterocycles. The van der Waals surface area contributed by atoms with Gasteiger partial charge in [-0.25, -0.2) is 0 Å². The molecule has 0 radical (unpaired) electrons. The zero-order valence-corrected chi connectivity index (χ0v) is 13.2. The molecular formula is C16H12Cl3NO. The Hall–Kier alpha value is -1.22. The lowest BCUT2D eigenvalue weighted by atomic mass is 10.1. The van der Waals surface area contributed by atoms with Gasteiger partial charge < -0.3 is 5.32 Å². The van der Waals surface area contributed by atoms with Crippen molar-refractivity contribution < 1.29 is 4.79 Å². The topological polar surface area (TPSA) is 29.1 Å². The number of anilines is 1. The van der Waals surface area contributed by atoms with Crippen LogP contribution >= 0.6 is 34.8 Å². The summed E-state index contributed by atoms with van der Waals surface area (Å²) in [6.45, 7) is 0. The Morgan fingerprint density at radius 2 is 1.76 bits per heavy atom. The van der Waals surface area contributed by atoms with Gasteiger partial charge in [0.2, 0.25) is 5.91 Å². The number of benzene rings is 2. The minimum atomic E-state index is -1.07. The van der Waals surface area contributed by atoms with Crippen LogP contribution in [-0.2, 0) is 4.79 Å². The Bertz CT molecular complexity index is 672. The molecule has 2 aromatic carbocycles. The highest BCUT2D eigenvalue weighted by molar-refractivity contribution is 6.53. The first kappa shape index (κ1) is 14.7. The van der Waals surface area contributed by atoms with Gasteiger partial charge in [-0.2, -0.15) is 0 Å². The summed E-state index contributed by atoms with van der Waals surface area (Å²) in [5, 5.41) is 3.37. The highest BCUT2D eigenvalue weighted by atomic mass is 35.5. The first-order valence-electron chi connectivity index (χ1n) is 6.49. The van der Waals surface area contributed by atoms with Crippen LogP contribution in [0.2, 0.25) is 5.02 Å². The summed E-state index contributed by atoms with van der Waals surface area (Å²) in [6, 6.07) is 16.6. The molecule has 21 heavy (non-hydrogen) atoms. The number of halogens is 3. The molecule has 0 aromatic heterocycles. The standard InChI is InChI=1S/C16H12Cl3NO/c17-11-7-4-8-12(9-11)20-15(21)14-13(16(14,18)19)10-5-2-1-3-6-10/h1-9,13-14H,(H,20,21). The highest BCUT2D eigenvalue weighted by Crippen LogP contribution is 2.65. The van der Waals surface area contributed by atoms with Crippen molar-refractivity contribution in [2.24, 2.45) is 5.92 Å². The number of carbonyl (C=O) groups excluding carboxylic acids is 1. The molecule has 0 bridgehead atoms. The van der Waals surface area contributed by atoms with Crippen LogP contribution in [0.3, 0.4) is 0 Å². The molecule has 1 aliphatic rings. The summed E-state index contributed by atoms with van der Waals surface area (Å²) < 4.78 is -1.07. The molecule has 108 valence electrons. The van der Waals surface area contributed by atoms with Gasteiger partial charge in [0, 0.05) is 16.6 Å². The van der Waals surface area contributed by atoms with E-state index in [4.69, 9.17) is 34.8 Å².